The SMILES string of the molecule is C[C@@H](O)[C@H](NC(=O)[C@H](Cc1cnc[nH]1)NC(=O)[C@H](CCCN=C(N)N)NC(=O)CN)C(=O)N[C@@H](Cc1ccccc1)C(=O)N[C@@H](CS)C(=O)O. The number of carbonyl (C=O) groups excluding carboxylic acids is 5. The van der Waals surface area contributed by atoms with Gasteiger partial charge in [-0.15, -0.1) is 0 Å². The number of carboxylic acids is 1. The van der Waals surface area contributed by atoms with Crippen molar-refractivity contribution in [3.63, 3.8) is 0 Å². The number of aromatic amines is 1. The van der Waals surface area contributed by atoms with Gasteiger partial charge in [-0.05, 0) is 25.3 Å². The predicted octanol–water partition coefficient (Wildman–Crippen LogP) is -3.97. The molecule has 19 nitrogen and oxygen atoms in total. The summed E-state index contributed by atoms with van der Waals surface area (Å²) in [5.41, 5.74) is 17.2. The topological polar surface area (TPSA) is 322 Å². The average Bonchev–Trinajstić information content (AvgIpc) is 3.59. The molecule has 6 atom stereocenters. The molecule has 2 rings (SSSR count). The van der Waals surface area contributed by atoms with Crippen LogP contribution in [0.4, 0.5) is 0 Å². The van der Waals surface area contributed by atoms with Crippen molar-refractivity contribution in [3.05, 3.63) is 54.1 Å². The average molecular weight is 720 g/mol. The van der Waals surface area contributed by atoms with E-state index in [0.29, 0.717) is 11.3 Å². The molecule has 50 heavy (non-hydrogen) atoms. The van der Waals surface area contributed by atoms with E-state index in [1.807, 2.05) is 0 Å². The number of aliphatic hydroxyl groups is 1. The predicted molar refractivity (Wildman–Crippen MR) is 184 cm³/mol. The highest BCUT2D eigenvalue weighted by Gasteiger charge is 2.34. The maximum absolute atomic E-state index is 13.7. The lowest BCUT2D eigenvalue weighted by atomic mass is 10.0. The largest absolute Gasteiger partial charge is 0.480 e. The molecule has 1 aromatic carbocycles. The van der Waals surface area contributed by atoms with Crippen molar-refractivity contribution < 1.29 is 39.0 Å². The number of carboxylic acid groups (broad SMARTS) is 1. The fourth-order valence-electron chi connectivity index (χ4n) is 4.56. The van der Waals surface area contributed by atoms with Gasteiger partial charge in [0.2, 0.25) is 29.5 Å². The summed E-state index contributed by atoms with van der Waals surface area (Å²) in [7, 11) is 0. The number of nitrogens with one attached hydrogen (secondary N) is 6. The standard InChI is InChI=1S/C30H45N11O8S/c1-16(42)24(28(47)39-20(10-17-6-3-2-4-7-17)26(45)40-22(14-50)29(48)49)41-27(46)21(11-18-13-34-15-36-18)38-25(44)19(37-23(43)12-31)8-5-9-35-30(32)33/h2-4,6-7,13,15-16,19-22,24,42,50H,5,8-12,14,31H2,1H3,(H,34,36)(H,37,43)(H,38,44)(H,39,47)(H,40,45)(H,41,46)(H,48,49)(H4,32,33,35)/t16-,19+,20+,21+,22+,24+/m1/s1. The van der Waals surface area contributed by atoms with Gasteiger partial charge < -0.3 is 59.0 Å². The molecule has 0 spiro atoms. The van der Waals surface area contributed by atoms with Gasteiger partial charge >= 0.3 is 5.97 Å². The summed E-state index contributed by atoms with van der Waals surface area (Å²) in [5.74, 6) is -5.82. The number of nitrogens with zero attached hydrogens (tertiary/aromatic N) is 2. The molecular weight excluding hydrogens is 674 g/mol. The molecular formula is C30H45N11O8S. The first-order valence-electron chi connectivity index (χ1n) is 15.5. The van der Waals surface area contributed by atoms with E-state index in [1.165, 1.54) is 19.4 Å². The van der Waals surface area contributed by atoms with E-state index >= 15 is 0 Å². The smallest absolute Gasteiger partial charge is 0.327 e. The minimum atomic E-state index is -1.64. The van der Waals surface area contributed by atoms with Crippen LogP contribution >= 0.6 is 12.6 Å². The van der Waals surface area contributed by atoms with Crippen LogP contribution < -0.4 is 43.8 Å². The highest BCUT2D eigenvalue weighted by atomic mass is 32.1. The summed E-state index contributed by atoms with van der Waals surface area (Å²) >= 11 is 3.96. The van der Waals surface area contributed by atoms with Crippen LogP contribution in [-0.4, -0.2) is 117 Å². The molecule has 2 aromatic rings. The van der Waals surface area contributed by atoms with Gasteiger partial charge in [-0.3, -0.25) is 29.0 Å². The van der Waals surface area contributed by atoms with Crippen molar-refractivity contribution in [2.75, 3.05) is 18.8 Å². The highest BCUT2D eigenvalue weighted by molar-refractivity contribution is 7.80. The number of aromatic nitrogens is 2. The molecule has 0 aliphatic carbocycles. The van der Waals surface area contributed by atoms with Crippen LogP contribution in [0.25, 0.3) is 0 Å². The number of benzene rings is 1. The van der Waals surface area contributed by atoms with Crippen molar-refractivity contribution in [1.82, 2.24) is 36.6 Å². The monoisotopic (exact) mass is 719 g/mol. The molecule has 20 heteroatoms. The lowest BCUT2D eigenvalue weighted by Crippen LogP contribution is -2.61. The Labute approximate surface area is 293 Å². The Kier molecular flexibility index (Phi) is 17.2. The number of aliphatic imine (C=N–C) groups is 1. The van der Waals surface area contributed by atoms with Gasteiger partial charge in [-0.1, -0.05) is 30.3 Å². The Morgan fingerprint density at radius 2 is 1.48 bits per heavy atom. The molecule has 5 amide bonds. The second kappa shape index (κ2) is 21.0. The van der Waals surface area contributed by atoms with Crippen molar-refractivity contribution in [1.29, 1.82) is 0 Å². The number of guanidine groups is 1. The molecule has 274 valence electrons. The summed E-state index contributed by atoms with van der Waals surface area (Å²) in [6, 6.07) is 1.74. The molecule has 1 heterocycles. The number of carbonyl (C=O) groups is 6. The summed E-state index contributed by atoms with van der Waals surface area (Å²) in [6.07, 6.45) is 1.42. The maximum Gasteiger partial charge on any atom is 0.327 e. The lowest BCUT2D eigenvalue weighted by Gasteiger charge is -2.28. The molecule has 0 saturated carbocycles. The number of aliphatic hydroxyl groups excluding tert-OH is 1. The minimum Gasteiger partial charge on any atom is -0.480 e. The number of H-pyrrole nitrogens is 1. The third-order valence-corrected chi connectivity index (χ3v) is 7.53. The molecule has 0 aliphatic heterocycles. The second-order valence-corrected chi connectivity index (χ2v) is 11.5. The third kappa shape index (κ3) is 14.1. The number of imidazole rings is 1. The highest BCUT2D eigenvalue weighted by Crippen LogP contribution is 2.08. The summed E-state index contributed by atoms with van der Waals surface area (Å²) in [6.45, 7) is 0.980. The molecule has 0 fully saturated rings. The number of rotatable bonds is 21. The van der Waals surface area contributed by atoms with Crippen LogP contribution in [0.3, 0.4) is 0 Å². The van der Waals surface area contributed by atoms with E-state index in [-0.39, 0.29) is 43.9 Å². The first-order chi connectivity index (χ1) is 23.7. The summed E-state index contributed by atoms with van der Waals surface area (Å²) < 4.78 is 0. The molecule has 0 aliphatic rings. The number of hydrogen-bond donors (Lipinski definition) is 12. The Morgan fingerprint density at radius 1 is 0.880 bits per heavy atom. The molecule has 14 N–H and O–H groups in total. The van der Waals surface area contributed by atoms with Gasteiger partial charge in [0.1, 0.15) is 30.2 Å². The van der Waals surface area contributed by atoms with Crippen molar-refractivity contribution >= 4 is 54.1 Å². The molecule has 0 bridgehead atoms. The van der Waals surface area contributed by atoms with Crippen molar-refractivity contribution in [2.24, 2.45) is 22.2 Å². The lowest BCUT2D eigenvalue weighted by molar-refractivity contribution is -0.141. The summed E-state index contributed by atoms with van der Waals surface area (Å²) in [5, 5.41) is 32.3. The van der Waals surface area contributed by atoms with Gasteiger partial charge in [0, 0.05) is 37.0 Å². The van der Waals surface area contributed by atoms with E-state index in [9.17, 15) is 39.0 Å². The quantitative estimate of drug-likeness (QED) is 0.0254. The molecule has 0 radical (unpaired) electrons. The van der Waals surface area contributed by atoms with Crippen LogP contribution in [0, 0.1) is 0 Å². The van der Waals surface area contributed by atoms with Gasteiger partial charge in [0.05, 0.1) is 19.0 Å². The van der Waals surface area contributed by atoms with E-state index in [4.69, 9.17) is 17.2 Å². The van der Waals surface area contributed by atoms with Crippen LogP contribution in [0.15, 0.2) is 47.8 Å². The summed E-state index contributed by atoms with van der Waals surface area (Å²) in [4.78, 5) is 88.0. The zero-order valence-electron chi connectivity index (χ0n) is 27.4. The number of thiol groups is 1. The Balaban J connectivity index is 2.31. The number of hydrogen-bond acceptors (Lipinski definition) is 11. The zero-order valence-corrected chi connectivity index (χ0v) is 28.3. The van der Waals surface area contributed by atoms with Gasteiger partial charge in [-0.25, -0.2) is 9.78 Å². The minimum absolute atomic E-state index is 0.0601. The molecule has 1 aromatic heterocycles. The normalized spacial score (nSPS) is 14.4. The first-order valence-corrected chi connectivity index (χ1v) is 16.2. The number of aliphatic carboxylic acids is 1. The second-order valence-electron chi connectivity index (χ2n) is 11.2. The Hall–Kier alpha value is -5.21. The van der Waals surface area contributed by atoms with Crippen molar-refractivity contribution in [2.45, 2.75) is 68.9 Å². The Bertz CT molecular complexity index is 1460. The molecule has 0 unspecified atom stereocenters. The van der Waals surface area contributed by atoms with E-state index in [0.717, 1.165) is 0 Å². The molecule has 0 saturated heterocycles. The number of nitrogens with two attached hydrogens (primary N) is 3. The van der Waals surface area contributed by atoms with Gasteiger partial charge in [0.25, 0.3) is 0 Å². The third-order valence-electron chi connectivity index (χ3n) is 7.17. The van der Waals surface area contributed by atoms with Crippen LogP contribution in [0.1, 0.15) is 31.0 Å². The van der Waals surface area contributed by atoms with Crippen molar-refractivity contribution in [3.8, 4) is 0 Å². The van der Waals surface area contributed by atoms with Crippen LogP contribution in [0.2, 0.25) is 0 Å². The van der Waals surface area contributed by atoms with Gasteiger partial charge in [-0.2, -0.15) is 12.6 Å². The number of amides is 5. The van der Waals surface area contributed by atoms with E-state index in [1.54, 1.807) is 30.3 Å². The van der Waals surface area contributed by atoms with Crippen LogP contribution in [-0.2, 0) is 41.6 Å². The fourth-order valence-corrected chi connectivity index (χ4v) is 4.81. The zero-order chi connectivity index (χ0) is 37.2. The maximum atomic E-state index is 13.7. The van der Waals surface area contributed by atoms with Gasteiger partial charge in [0.15, 0.2) is 5.96 Å². The van der Waals surface area contributed by atoms with E-state index in [2.05, 4.69) is 54.2 Å². The Morgan fingerprint density at radius 3 is 2.04 bits per heavy atom. The van der Waals surface area contributed by atoms with Crippen LogP contribution in [0.5, 0.6) is 0 Å². The fraction of sp³-hybridized carbons (Fsp3) is 0.467. The van der Waals surface area contributed by atoms with E-state index < -0.39 is 78.4 Å². The first kappa shape index (κ1) is 41.0.